The van der Waals surface area contributed by atoms with Crippen LogP contribution in [0.2, 0.25) is 0 Å². The molecule has 2 aromatic carbocycles. The lowest BCUT2D eigenvalue weighted by atomic mass is 9.67. The van der Waals surface area contributed by atoms with Crippen LogP contribution < -0.4 is 4.74 Å². The smallest absolute Gasteiger partial charge is 0.118 e. The third kappa shape index (κ3) is 4.98. The molecular weight excluding hydrogens is 334 g/mol. The van der Waals surface area contributed by atoms with Crippen LogP contribution in [0, 0.1) is 6.92 Å². The molecule has 0 radical (unpaired) electrons. The normalized spacial score (nSPS) is 22.1. The van der Waals surface area contributed by atoms with Gasteiger partial charge in [-0.05, 0) is 75.4 Å². The van der Waals surface area contributed by atoms with Gasteiger partial charge in [0.25, 0.3) is 0 Å². The van der Waals surface area contributed by atoms with E-state index in [0.29, 0.717) is 0 Å². The SMILES string of the molecule is COc1ccc(C=NCC[C@]2(c3ccc(C)cc3)CCOC(C)(C)C2)cc1. The van der Waals surface area contributed by atoms with E-state index in [9.17, 15) is 0 Å². The molecule has 1 aliphatic rings. The number of methoxy groups -OCH3 is 1. The molecule has 1 aliphatic heterocycles. The molecule has 0 unspecified atom stereocenters. The minimum Gasteiger partial charge on any atom is -0.497 e. The minimum absolute atomic E-state index is 0.0944. The van der Waals surface area contributed by atoms with Crippen LogP contribution in [0.5, 0.6) is 5.75 Å². The van der Waals surface area contributed by atoms with Crippen molar-refractivity contribution < 1.29 is 9.47 Å². The number of rotatable bonds is 6. The first-order valence-electron chi connectivity index (χ1n) is 9.78. The van der Waals surface area contributed by atoms with E-state index >= 15 is 0 Å². The van der Waals surface area contributed by atoms with Gasteiger partial charge < -0.3 is 9.47 Å². The predicted octanol–water partition coefficient (Wildman–Crippen LogP) is 5.34. The van der Waals surface area contributed by atoms with Crippen LogP contribution in [-0.2, 0) is 10.2 Å². The van der Waals surface area contributed by atoms with Crippen molar-refractivity contribution >= 4 is 6.21 Å². The Morgan fingerprint density at radius 3 is 2.41 bits per heavy atom. The average molecular weight is 366 g/mol. The Hall–Kier alpha value is -2.13. The number of aliphatic imine (C=N–C) groups is 1. The number of nitrogens with zero attached hydrogens (tertiary/aromatic N) is 1. The summed E-state index contributed by atoms with van der Waals surface area (Å²) in [6.07, 6.45) is 5.08. The minimum atomic E-state index is -0.0944. The molecule has 27 heavy (non-hydrogen) atoms. The van der Waals surface area contributed by atoms with Crippen molar-refractivity contribution in [2.45, 2.75) is 51.0 Å². The average Bonchev–Trinajstić information content (AvgIpc) is 2.65. The van der Waals surface area contributed by atoms with Crippen molar-refractivity contribution in [3.8, 4) is 5.75 Å². The first kappa shape index (κ1) is 19.6. The standard InChI is InChI=1S/C24H31NO2/c1-19-5-9-21(10-6-19)24(14-16-27-23(2,3)18-24)13-15-25-17-20-7-11-22(26-4)12-8-20/h5-12,17H,13-16,18H2,1-4H3/t24-/m0/s1. The molecule has 3 rings (SSSR count). The Kier molecular flexibility index (Phi) is 6.01. The Bertz CT molecular complexity index is 762. The maximum Gasteiger partial charge on any atom is 0.118 e. The second-order valence-corrected chi connectivity index (χ2v) is 8.24. The highest BCUT2D eigenvalue weighted by Crippen LogP contribution is 2.44. The van der Waals surface area contributed by atoms with Crippen LogP contribution in [-0.4, -0.2) is 32.1 Å². The molecule has 0 aliphatic carbocycles. The molecule has 1 atom stereocenters. The van der Waals surface area contributed by atoms with Crippen molar-refractivity contribution in [1.29, 1.82) is 0 Å². The van der Waals surface area contributed by atoms with E-state index in [2.05, 4.69) is 45.0 Å². The highest BCUT2D eigenvalue weighted by molar-refractivity contribution is 5.79. The third-order valence-electron chi connectivity index (χ3n) is 5.58. The van der Waals surface area contributed by atoms with Gasteiger partial charge in [-0.3, -0.25) is 4.99 Å². The van der Waals surface area contributed by atoms with Crippen LogP contribution in [0.4, 0.5) is 0 Å². The largest absolute Gasteiger partial charge is 0.497 e. The maximum atomic E-state index is 6.01. The molecule has 1 fully saturated rings. The molecule has 3 nitrogen and oxygen atoms in total. The molecule has 144 valence electrons. The van der Waals surface area contributed by atoms with Gasteiger partial charge in [0.15, 0.2) is 0 Å². The van der Waals surface area contributed by atoms with Gasteiger partial charge >= 0.3 is 0 Å². The van der Waals surface area contributed by atoms with E-state index in [0.717, 1.165) is 43.7 Å². The molecule has 0 bridgehead atoms. The van der Waals surface area contributed by atoms with Gasteiger partial charge in [0.1, 0.15) is 5.75 Å². The van der Waals surface area contributed by atoms with Crippen LogP contribution in [0.25, 0.3) is 0 Å². The summed E-state index contributed by atoms with van der Waals surface area (Å²) >= 11 is 0. The Morgan fingerprint density at radius 2 is 1.78 bits per heavy atom. The molecule has 0 spiro atoms. The van der Waals surface area contributed by atoms with Gasteiger partial charge in [-0.2, -0.15) is 0 Å². The lowest BCUT2D eigenvalue weighted by Gasteiger charge is -2.45. The van der Waals surface area contributed by atoms with E-state index in [1.165, 1.54) is 11.1 Å². The zero-order valence-electron chi connectivity index (χ0n) is 17.0. The summed E-state index contributed by atoms with van der Waals surface area (Å²) in [6, 6.07) is 17.0. The van der Waals surface area contributed by atoms with Gasteiger partial charge in [-0.15, -0.1) is 0 Å². The molecule has 3 heteroatoms. The van der Waals surface area contributed by atoms with Crippen LogP contribution >= 0.6 is 0 Å². The summed E-state index contributed by atoms with van der Waals surface area (Å²) in [7, 11) is 1.68. The summed E-state index contributed by atoms with van der Waals surface area (Å²) in [6.45, 7) is 8.17. The Labute approximate surface area is 163 Å². The van der Waals surface area contributed by atoms with E-state index in [4.69, 9.17) is 14.5 Å². The van der Waals surface area contributed by atoms with E-state index < -0.39 is 0 Å². The zero-order valence-corrected chi connectivity index (χ0v) is 17.0. The Morgan fingerprint density at radius 1 is 1.07 bits per heavy atom. The first-order chi connectivity index (χ1) is 12.9. The fraction of sp³-hybridized carbons (Fsp3) is 0.458. The molecule has 1 saturated heterocycles. The summed E-state index contributed by atoms with van der Waals surface area (Å²) in [5.41, 5.74) is 3.87. The highest BCUT2D eigenvalue weighted by atomic mass is 16.5. The molecule has 2 aromatic rings. The van der Waals surface area contributed by atoms with Crippen molar-refractivity contribution in [3.63, 3.8) is 0 Å². The summed E-state index contributed by atoms with van der Waals surface area (Å²) in [5.74, 6) is 0.870. The number of ether oxygens (including phenoxy) is 2. The van der Waals surface area contributed by atoms with Gasteiger partial charge in [0.05, 0.1) is 12.7 Å². The number of hydrogen-bond acceptors (Lipinski definition) is 3. The van der Waals surface area contributed by atoms with Gasteiger partial charge in [0.2, 0.25) is 0 Å². The van der Waals surface area contributed by atoms with Crippen molar-refractivity contribution in [3.05, 3.63) is 65.2 Å². The molecule has 0 saturated carbocycles. The lowest BCUT2D eigenvalue weighted by molar-refractivity contribution is -0.0836. The van der Waals surface area contributed by atoms with E-state index in [1.807, 2.05) is 30.5 Å². The topological polar surface area (TPSA) is 30.8 Å². The van der Waals surface area contributed by atoms with Crippen molar-refractivity contribution in [2.24, 2.45) is 4.99 Å². The fourth-order valence-corrected chi connectivity index (χ4v) is 4.13. The maximum absolute atomic E-state index is 6.01. The molecule has 0 N–H and O–H groups in total. The van der Waals surface area contributed by atoms with Crippen molar-refractivity contribution in [1.82, 2.24) is 0 Å². The number of benzene rings is 2. The second kappa shape index (κ2) is 8.26. The van der Waals surface area contributed by atoms with Crippen LogP contribution in [0.1, 0.15) is 49.8 Å². The van der Waals surface area contributed by atoms with Crippen LogP contribution in [0.3, 0.4) is 0 Å². The van der Waals surface area contributed by atoms with Crippen molar-refractivity contribution in [2.75, 3.05) is 20.3 Å². The molecule has 0 amide bonds. The van der Waals surface area contributed by atoms with E-state index in [-0.39, 0.29) is 11.0 Å². The van der Waals surface area contributed by atoms with Gasteiger partial charge in [0, 0.05) is 24.8 Å². The predicted molar refractivity (Wildman–Crippen MR) is 112 cm³/mol. The van der Waals surface area contributed by atoms with Crippen LogP contribution in [0.15, 0.2) is 53.5 Å². The third-order valence-corrected chi connectivity index (χ3v) is 5.58. The quantitative estimate of drug-likeness (QED) is 0.647. The molecular formula is C24H31NO2. The van der Waals surface area contributed by atoms with E-state index in [1.54, 1.807) is 7.11 Å². The molecule has 0 aromatic heterocycles. The summed E-state index contributed by atoms with van der Waals surface area (Å²) < 4.78 is 11.2. The summed E-state index contributed by atoms with van der Waals surface area (Å²) in [4.78, 5) is 4.72. The number of aryl methyl sites for hydroxylation is 1. The molecule has 1 heterocycles. The zero-order chi connectivity index (χ0) is 19.3. The first-order valence-corrected chi connectivity index (χ1v) is 9.78. The van der Waals surface area contributed by atoms with Gasteiger partial charge in [-0.1, -0.05) is 29.8 Å². The monoisotopic (exact) mass is 365 g/mol. The summed E-state index contributed by atoms with van der Waals surface area (Å²) in [5, 5.41) is 0. The highest BCUT2D eigenvalue weighted by Gasteiger charge is 2.41. The fourth-order valence-electron chi connectivity index (χ4n) is 4.13. The lowest BCUT2D eigenvalue weighted by Crippen LogP contribution is -2.44. The second-order valence-electron chi connectivity index (χ2n) is 8.24. The Balaban J connectivity index is 1.73. The van der Waals surface area contributed by atoms with Gasteiger partial charge in [-0.25, -0.2) is 0 Å². The number of hydrogen-bond donors (Lipinski definition) is 0.